The van der Waals surface area contributed by atoms with E-state index < -0.39 is 18.2 Å². The molecule has 0 spiro atoms. The molecule has 0 bridgehead atoms. The van der Waals surface area contributed by atoms with E-state index in [1.54, 1.807) is 0 Å². The quantitative estimate of drug-likeness (QED) is 0.0362. The predicted octanol–water partition coefficient (Wildman–Crippen LogP) is 16.4. The molecule has 1 amide bonds. The molecule has 0 fully saturated rings. The molecule has 358 valence electrons. The molecule has 3 atom stereocenters. The number of amides is 1. The van der Waals surface area contributed by atoms with E-state index in [1.807, 2.05) is 0 Å². The predicted molar refractivity (Wildman–Crippen MR) is 268 cm³/mol. The fourth-order valence-corrected chi connectivity index (χ4v) is 8.21. The topological polar surface area (TPSA) is 89.8 Å². The minimum Gasteiger partial charge on any atom is -0.394 e. The lowest BCUT2D eigenvalue weighted by Gasteiger charge is -2.26. The summed E-state index contributed by atoms with van der Waals surface area (Å²) in [6, 6.07) is -0.839. The van der Waals surface area contributed by atoms with Crippen LogP contribution in [0.5, 0.6) is 0 Å². The number of hydrogen-bond acceptors (Lipinski definition) is 4. The van der Waals surface area contributed by atoms with Crippen molar-refractivity contribution in [1.82, 2.24) is 5.32 Å². The number of nitrogens with one attached hydrogen (secondary N) is 1. The zero-order valence-corrected chi connectivity index (χ0v) is 40.8. The number of aliphatic hydroxyl groups is 3. The molecular formula is C56H105NO4. The summed E-state index contributed by atoms with van der Waals surface area (Å²) in [5.41, 5.74) is 0. The Kier molecular flexibility index (Phi) is 49.5. The number of hydrogen-bond donors (Lipinski definition) is 4. The lowest BCUT2D eigenvalue weighted by atomic mass is 10.0. The van der Waals surface area contributed by atoms with Crippen LogP contribution in [-0.2, 0) is 4.79 Å². The first-order valence-corrected chi connectivity index (χ1v) is 26.9. The molecule has 0 aromatic carbocycles. The van der Waals surface area contributed by atoms with Crippen molar-refractivity contribution in [2.45, 2.75) is 295 Å². The largest absolute Gasteiger partial charge is 0.394 e. The summed E-state index contributed by atoms with van der Waals surface area (Å²) in [4.78, 5) is 12.5. The lowest BCUT2D eigenvalue weighted by Crippen LogP contribution is -2.50. The molecule has 4 N–H and O–H groups in total. The summed E-state index contributed by atoms with van der Waals surface area (Å²) in [7, 11) is 0. The van der Waals surface area contributed by atoms with Crippen molar-refractivity contribution in [3.05, 3.63) is 48.6 Å². The molecule has 3 unspecified atom stereocenters. The van der Waals surface area contributed by atoms with E-state index in [-0.39, 0.29) is 12.5 Å². The summed E-state index contributed by atoms with van der Waals surface area (Å²) in [6.45, 7) is 4.18. The second-order valence-corrected chi connectivity index (χ2v) is 18.4. The van der Waals surface area contributed by atoms with Gasteiger partial charge in [0.1, 0.15) is 6.10 Å². The molecule has 0 heterocycles. The van der Waals surface area contributed by atoms with Gasteiger partial charge < -0.3 is 20.6 Å². The highest BCUT2D eigenvalue weighted by molar-refractivity contribution is 5.76. The molecule has 0 aromatic rings. The fourth-order valence-electron chi connectivity index (χ4n) is 8.21. The molecule has 0 aromatic heterocycles. The van der Waals surface area contributed by atoms with Crippen molar-refractivity contribution in [2.24, 2.45) is 0 Å². The average Bonchev–Trinajstić information content (AvgIpc) is 3.26. The van der Waals surface area contributed by atoms with E-state index in [0.717, 1.165) is 57.8 Å². The Balaban J connectivity index is 3.65. The molecule has 61 heavy (non-hydrogen) atoms. The van der Waals surface area contributed by atoms with Gasteiger partial charge >= 0.3 is 0 Å². The van der Waals surface area contributed by atoms with Gasteiger partial charge in [0.05, 0.1) is 18.8 Å². The van der Waals surface area contributed by atoms with Crippen LogP contribution in [0.1, 0.15) is 277 Å². The maximum atomic E-state index is 12.5. The van der Waals surface area contributed by atoms with Crippen LogP contribution >= 0.6 is 0 Å². The second-order valence-electron chi connectivity index (χ2n) is 18.4. The van der Waals surface area contributed by atoms with Crippen molar-refractivity contribution >= 4 is 5.91 Å². The molecule has 0 aliphatic carbocycles. The Labute approximate surface area is 380 Å². The molecule has 0 saturated carbocycles. The number of carbonyl (C=O) groups excluding carboxylic acids is 1. The van der Waals surface area contributed by atoms with Crippen LogP contribution in [0.3, 0.4) is 0 Å². The van der Waals surface area contributed by atoms with Gasteiger partial charge in [0, 0.05) is 6.42 Å². The second kappa shape index (κ2) is 50.9. The number of aliphatic hydroxyl groups excluding tert-OH is 3. The van der Waals surface area contributed by atoms with Crippen LogP contribution in [0.2, 0.25) is 0 Å². The van der Waals surface area contributed by atoms with Gasteiger partial charge in [0.2, 0.25) is 5.91 Å². The Morgan fingerprint density at radius 1 is 0.410 bits per heavy atom. The third-order valence-electron chi connectivity index (χ3n) is 12.4. The highest BCUT2D eigenvalue weighted by atomic mass is 16.3. The Morgan fingerprint density at radius 3 is 1.10 bits per heavy atom. The van der Waals surface area contributed by atoms with Crippen LogP contribution < -0.4 is 5.32 Å². The van der Waals surface area contributed by atoms with Crippen LogP contribution in [0, 0.1) is 0 Å². The van der Waals surface area contributed by atoms with E-state index in [4.69, 9.17) is 0 Å². The van der Waals surface area contributed by atoms with Gasteiger partial charge in [-0.15, -0.1) is 0 Å². The molecule has 0 aliphatic rings. The fraction of sp³-hybridized carbons (Fsp3) is 0.839. The van der Waals surface area contributed by atoms with Gasteiger partial charge in [0.15, 0.2) is 0 Å². The third kappa shape index (κ3) is 46.1. The highest BCUT2D eigenvalue weighted by Gasteiger charge is 2.26. The maximum absolute atomic E-state index is 12.5. The van der Waals surface area contributed by atoms with Crippen molar-refractivity contribution in [1.29, 1.82) is 0 Å². The molecular weight excluding hydrogens is 751 g/mol. The van der Waals surface area contributed by atoms with Gasteiger partial charge in [-0.2, -0.15) is 0 Å². The number of allylic oxidation sites excluding steroid dienone is 8. The molecule has 5 nitrogen and oxygen atoms in total. The molecule has 0 saturated heterocycles. The van der Waals surface area contributed by atoms with Gasteiger partial charge in [-0.25, -0.2) is 0 Å². The van der Waals surface area contributed by atoms with Crippen LogP contribution in [-0.4, -0.2) is 46.1 Å². The normalized spacial score (nSPS) is 13.7. The van der Waals surface area contributed by atoms with E-state index in [0.29, 0.717) is 12.8 Å². The minimum atomic E-state index is -1.17. The summed E-state index contributed by atoms with van der Waals surface area (Å²) < 4.78 is 0. The zero-order chi connectivity index (χ0) is 44.4. The van der Waals surface area contributed by atoms with Gasteiger partial charge in [-0.1, -0.05) is 236 Å². The maximum Gasteiger partial charge on any atom is 0.220 e. The van der Waals surface area contributed by atoms with Crippen molar-refractivity contribution < 1.29 is 20.1 Å². The van der Waals surface area contributed by atoms with Crippen LogP contribution in [0.4, 0.5) is 0 Å². The first-order chi connectivity index (χ1) is 30.1. The Bertz CT molecular complexity index is 989. The van der Waals surface area contributed by atoms with Gasteiger partial charge in [0.25, 0.3) is 0 Å². The summed E-state index contributed by atoms with van der Waals surface area (Å²) in [6.07, 6.45) is 66.8. The standard InChI is InChI=1S/C56H105NO4/c1-3-5-7-9-11-13-15-17-19-21-23-25-27-29-30-32-34-36-38-40-42-44-46-48-50-54(59)56(61)53(52-58)57-55(60)51-49-47-45-43-41-39-37-35-33-31-28-26-24-22-20-18-16-14-12-10-8-6-4-2/h24,26,31,33-34,36,42,44,53-54,56,58-59,61H,3-23,25,27-30,32,35,37-41,43,45-52H2,1-2H3,(H,57,60)/b26-24-,33-31-,36-34+,44-42+. The molecule has 0 aliphatic heterocycles. The zero-order valence-electron chi connectivity index (χ0n) is 40.8. The molecule has 0 rings (SSSR count). The third-order valence-corrected chi connectivity index (χ3v) is 12.4. The van der Waals surface area contributed by atoms with Gasteiger partial charge in [-0.05, 0) is 83.5 Å². The number of carbonyl (C=O) groups is 1. The van der Waals surface area contributed by atoms with E-state index in [2.05, 4.69) is 67.8 Å². The van der Waals surface area contributed by atoms with E-state index >= 15 is 0 Å². The van der Waals surface area contributed by atoms with Crippen molar-refractivity contribution in [2.75, 3.05) is 6.61 Å². The molecule has 0 radical (unpaired) electrons. The van der Waals surface area contributed by atoms with Crippen molar-refractivity contribution in [3.8, 4) is 0 Å². The summed E-state index contributed by atoms with van der Waals surface area (Å²) in [5, 5.41) is 33.7. The summed E-state index contributed by atoms with van der Waals surface area (Å²) in [5.74, 6) is -0.165. The first-order valence-electron chi connectivity index (χ1n) is 26.9. The first kappa shape index (κ1) is 59.3. The van der Waals surface area contributed by atoms with E-state index in [1.165, 1.54) is 193 Å². The number of rotatable bonds is 49. The van der Waals surface area contributed by atoms with Crippen molar-refractivity contribution in [3.63, 3.8) is 0 Å². The highest BCUT2D eigenvalue weighted by Crippen LogP contribution is 2.16. The average molecular weight is 856 g/mol. The number of unbranched alkanes of at least 4 members (excludes halogenated alkanes) is 33. The molecule has 5 heteroatoms. The van der Waals surface area contributed by atoms with Crippen LogP contribution in [0.25, 0.3) is 0 Å². The van der Waals surface area contributed by atoms with E-state index in [9.17, 15) is 20.1 Å². The smallest absolute Gasteiger partial charge is 0.220 e. The monoisotopic (exact) mass is 856 g/mol. The van der Waals surface area contributed by atoms with Gasteiger partial charge in [-0.3, -0.25) is 4.79 Å². The SMILES string of the molecule is CCCCCCCCCCC/C=C\C/C=C\CCCCCCCCCC(=O)NC(CO)C(O)C(O)CCC/C=C/CC/C=C/CCCCCCCCCCCCCCCCC. The minimum absolute atomic E-state index is 0.165. The lowest BCUT2D eigenvalue weighted by molar-refractivity contribution is -0.124. The Morgan fingerprint density at radius 2 is 0.721 bits per heavy atom. The summed E-state index contributed by atoms with van der Waals surface area (Å²) >= 11 is 0. The Hall–Kier alpha value is -1.69. The van der Waals surface area contributed by atoms with Crippen LogP contribution in [0.15, 0.2) is 48.6 Å².